The summed E-state index contributed by atoms with van der Waals surface area (Å²) in [7, 11) is 0. The van der Waals surface area contributed by atoms with Crippen LogP contribution >= 0.6 is 0 Å². The van der Waals surface area contributed by atoms with Gasteiger partial charge in [-0.2, -0.15) is 0 Å². The number of benzene rings is 2. The number of ether oxygens (including phenoxy) is 2. The van der Waals surface area contributed by atoms with Crippen LogP contribution in [0.3, 0.4) is 0 Å². The predicted molar refractivity (Wildman–Crippen MR) is 127 cm³/mol. The summed E-state index contributed by atoms with van der Waals surface area (Å²) in [5, 5.41) is 10.7. The molecular formula is C26H28N2O6. The zero-order valence-corrected chi connectivity index (χ0v) is 19.4. The summed E-state index contributed by atoms with van der Waals surface area (Å²) in [5.74, 6) is 0.101. The van der Waals surface area contributed by atoms with E-state index in [0.29, 0.717) is 60.8 Å². The van der Waals surface area contributed by atoms with E-state index in [4.69, 9.17) is 13.9 Å². The van der Waals surface area contributed by atoms with Crippen LogP contribution in [0.15, 0.2) is 45.6 Å². The zero-order chi connectivity index (χ0) is 23.8. The molecule has 3 heterocycles. The van der Waals surface area contributed by atoms with Gasteiger partial charge >= 0.3 is 0 Å². The molecule has 0 saturated carbocycles. The predicted octanol–water partition coefficient (Wildman–Crippen LogP) is 3.08. The number of phenolic OH excluding ortho intramolecular Hbond substituents is 1. The molecule has 34 heavy (non-hydrogen) atoms. The molecule has 1 fully saturated rings. The Morgan fingerprint density at radius 2 is 1.88 bits per heavy atom. The Labute approximate surface area is 197 Å². The minimum absolute atomic E-state index is 0.0104. The molecule has 1 atom stereocenters. The summed E-state index contributed by atoms with van der Waals surface area (Å²) in [6.07, 6.45) is 0. The van der Waals surface area contributed by atoms with Gasteiger partial charge in [0.1, 0.15) is 5.58 Å². The molecule has 1 saturated heterocycles. The van der Waals surface area contributed by atoms with E-state index in [1.54, 1.807) is 29.2 Å². The van der Waals surface area contributed by atoms with E-state index in [1.807, 2.05) is 19.9 Å². The Bertz CT molecular complexity index is 1290. The van der Waals surface area contributed by atoms with Crippen molar-refractivity contribution in [3.05, 3.63) is 69.1 Å². The van der Waals surface area contributed by atoms with Crippen LogP contribution < -0.4 is 10.2 Å². The van der Waals surface area contributed by atoms with Gasteiger partial charge in [0.15, 0.2) is 16.9 Å². The van der Waals surface area contributed by atoms with E-state index < -0.39 is 6.04 Å². The van der Waals surface area contributed by atoms with E-state index in [9.17, 15) is 14.7 Å². The molecular weight excluding hydrogens is 436 g/mol. The highest BCUT2D eigenvalue weighted by Gasteiger charge is 2.43. The van der Waals surface area contributed by atoms with Gasteiger partial charge in [-0.05, 0) is 43.7 Å². The first-order valence-corrected chi connectivity index (χ1v) is 11.6. The molecule has 2 aliphatic rings. The summed E-state index contributed by atoms with van der Waals surface area (Å²) in [6, 6.07) is 9.72. The molecule has 0 spiro atoms. The highest BCUT2D eigenvalue weighted by Crippen LogP contribution is 2.40. The van der Waals surface area contributed by atoms with Gasteiger partial charge in [0, 0.05) is 26.2 Å². The molecule has 1 aromatic heterocycles. The summed E-state index contributed by atoms with van der Waals surface area (Å²) in [6.45, 7) is 8.13. The fourth-order valence-corrected chi connectivity index (χ4v) is 4.76. The van der Waals surface area contributed by atoms with Gasteiger partial charge in [-0.3, -0.25) is 14.5 Å². The van der Waals surface area contributed by atoms with Gasteiger partial charge in [-0.25, -0.2) is 0 Å². The lowest BCUT2D eigenvalue weighted by Gasteiger charge is -2.31. The number of aromatic hydroxyl groups is 1. The highest BCUT2D eigenvalue weighted by molar-refractivity contribution is 5.99. The van der Waals surface area contributed by atoms with E-state index in [0.717, 1.165) is 18.7 Å². The number of phenols is 1. The lowest BCUT2D eigenvalue weighted by molar-refractivity contribution is 0.0314. The third-order valence-electron chi connectivity index (χ3n) is 6.48. The van der Waals surface area contributed by atoms with Gasteiger partial charge < -0.3 is 23.9 Å². The Morgan fingerprint density at radius 3 is 2.65 bits per heavy atom. The number of hydrogen-bond acceptors (Lipinski definition) is 7. The van der Waals surface area contributed by atoms with Gasteiger partial charge in [-0.15, -0.1) is 0 Å². The third-order valence-corrected chi connectivity index (χ3v) is 6.48. The van der Waals surface area contributed by atoms with Gasteiger partial charge in [-0.1, -0.05) is 17.7 Å². The average Bonchev–Trinajstić information content (AvgIpc) is 3.12. The molecule has 5 rings (SSSR count). The molecule has 2 aliphatic heterocycles. The molecule has 1 unspecified atom stereocenters. The normalized spacial score (nSPS) is 18.5. The molecule has 2 aromatic carbocycles. The van der Waals surface area contributed by atoms with Crippen LogP contribution in [0, 0.1) is 6.92 Å². The molecule has 3 aromatic rings. The standard InChI is InChI=1S/C26H28N2O6/c1-3-33-21-15-17(5-6-19(21)29)23-22-24(30)18-14-16(2)4-7-20(18)34-25(22)26(31)28(23)9-8-27-10-12-32-13-11-27/h4-7,14-15,23,29H,3,8-13H2,1-2H3. The van der Waals surface area contributed by atoms with Crippen LogP contribution in [0.2, 0.25) is 0 Å². The Kier molecular flexibility index (Phi) is 6.02. The van der Waals surface area contributed by atoms with Crippen LogP contribution in [0.1, 0.15) is 40.2 Å². The van der Waals surface area contributed by atoms with Crippen molar-refractivity contribution in [1.29, 1.82) is 0 Å². The highest BCUT2D eigenvalue weighted by atomic mass is 16.5. The maximum atomic E-state index is 13.7. The van der Waals surface area contributed by atoms with Gasteiger partial charge in [0.25, 0.3) is 5.91 Å². The summed E-state index contributed by atoms with van der Waals surface area (Å²) in [5.41, 5.74) is 2.15. The lowest BCUT2D eigenvalue weighted by atomic mass is 9.97. The number of aryl methyl sites for hydroxylation is 1. The number of carbonyl (C=O) groups is 1. The van der Waals surface area contributed by atoms with Crippen molar-refractivity contribution < 1.29 is 23.8 Å². The second-order valence-corrected chi connectivity index (χ2v) is 8.69. The second-order valence-electron chi connectivity index (χ2n) is 8.69. The largest absolute Gasteiger partial charge is 0.504 e. The fourth-order valence-electron chi connectivity index (χ4n) is 4.76. The number of amides is 1. The van der Waals surface area contributed by atoms with E-state index in [-0.39, 0.29) is 22.8 Å². The summed E-state index contributed by atoms with van der Waals surface area (Å²) < 4.78 is 17.0. The van der Waals surface area contributed by atoms with E-state index >= 15 is 0 Å². The first-order chi connectivity index (χ1) is 16.5. The molecule has 1 amide bonds. The van der Waals surface area contributed by atoms with Crippen molar-refractivity contribution >= 4 is 16.9 Å². The van der Waals surface area contributed by atoms with Crippen LogP contribution in [0.4, 0.5) is 0 Å². The van der Waals surface area contributed by atoms with Crippen LogP contribution in [0.25, 0.3) is 11.0 Å². The minimum atomic E-state index is -0.635. The molecule has 8 heteroatoms. The Hall–Kier alpha value is -3.36. The molecule has 1 N–H and O–H groups in total. The summed E-state index contributed by atoms with van der Waals surface area (Å²) in [4.78, 5) is 31.2. The van der Waals surface area contributed by atoms with Gasteiger partial charge in [0.2, 0.25) is 5.76 Å². The number of nitrogens with zero attached hydrogens (tertiary/aromatic N) is 2. The maximum Gasteiger partial charge on any atom is 0.290 e. The number of morpholine rings is 1. The van der Waals surface area contributed by atoms with E-state index in [1.165, 1.54) is 6.07 Å². The van der Waals surface area contributed by atoms with Crippen molar-refractivity contribution in [2.45, 2.75) is 19.9 Å². The quantitative estimate of drug-likeness (QED) is 0.599. The Balaban J connectivity index is 1.62. The molecule has 0 radical (unpaired) electrons. The number of hydrogen-bond donors (Lipinski definition) is 1. The van der Waals surface area contributed by atoms with Crippen molar-refractivity contribution in [1.82, 2.24) is 9.80 Å². The Morgan fingerprint density at radius 1 is 1.09 bits per heavy atom. The average molecular weight is 465 g/mol. The number of carbonyl (C=O) groups excluding carboxylic acids is 1. The van der Waals surface area contributed by atoms with Crippen LogP contribution in [-0.4, -0.2) is 66.8 Å². The van der Waals surface area contributed by atoms with Crippen molar-refractivity contribution in [2.24, 2.45) is 0 Å². The smallest absolute Gasteiger partial charge is 0.290 e. The van der Waals surface area contributed by atoms with Crippen molar-refractivity contribution in [2.75, 3.05) is 46.0 Å². The zero-order valence-electron chi connectivity index (χ0n) is 19.4. The van der Waals surface area contributed by atoms with Crippen molar-refractivity contribution in [3.63, 3.8) is 0 Å². The second kappa shape index (κ2) is 9.12. The molecule has 8 nitrogen and oxygen atoms in total. The topological polar surface area (TPSA) is 92.5 Å². The van der Waals surface area contributed by atoms with E-state index in [2.05, 4.69) is 4.90 Å². The monoisotopic (exact) mass is 464 g/mol. The fraction of sp³-hybridized carbons (Fsp3) is 0.385. The molecule has 178 valence electrons. The molecule has 0 aliphatic carbocycles. The van der Waals surface area contributed by atoms with Crippen LogP contribution in [-0.2, 0) is 4.74 Å². The SMILES string of the molecule is CCOc1cc(C2c3c(oc4ccc(C)cc4c3=O)C(=O)N2CCN2CCOCC2)ccc1O. The van der Waals surface area contributed by atoms with Crippen molar-refractivity contribution in [3.8, 4) is 11.5 Å². The number of fused-ring (bicyclic) bond motifs is 2. The van der Waals surface area contributed by atoms with Gasteiger partial charge in [0.05, 0.1) is 36.8 Å². The molecule has 0 bridgehead atoms. The third kappa shape index (κ3) is 3.93. The first kappa shape index (κ1) is 22.4. The minimum Gasteiger partial charge on any atom is -0.504 e. The maximum absolute atomic E-state index is 13.7. The lowest BCUT2D eigenvalue weighted by Crippen LogP contribution is -2.42. The number of rotatable bonds is 6. The first-order valence-electron chi connectivity index (χ1n) is 11.6. The van der Waals surface area contributed by atoms with Crippen LogP contribution in [0.5, 0.6) is 11.5 Å². The summed E-state index contributed by atoms with van der Waals surface area (Å²) >= 11 is 0.